The van der Waals surface area contributed by atoms with E-state index in [0.29, 0.717) is 21.9 Å². The van der Waals surface area contributed by atoms with Gasteiger partial charge in [0.15, 0.2) is 21.9 Å². The van der Waals surface area contributed by atoms with Gasteiger partial charge < -0.3 is 14.3 Å². The lowest BCUT2D eigenvalue weighted by Gasteiger charge is -2.03. The number of thioether (sulfide) groups is 1. The number of aryl methyl sites for hydroxylation is 1. The van der Waals surface area contributed by atoms with Crippen LogP contribution in [0.4, 0.5) is 5.13 Å². The second kappa shape index (κ2) is 9.12. The minimum Gasteiger partial charge on any atom is -0.453 e. The first-order valence-corrected chi connectivity index (χ1v) is 12.7. The summed E-state index contributed by atoms with van der Waals surface area (Å²) in [5, 5.41) is 15.5. The smallest absolute Gasteiger partial charge is 0.236 e. The van der Waals surface area contributed by atoms with Crippen LogP contribution in [0, 0.1) is 6.92 Å². The second-order valence-electron chi connectivity index (χ2n) is 7.40. The lowest BCUT2D eigenvalue weighted by Crippen LogP contribution is -2.14. The zero-order valence-electron chi connectivity index (χ0n) is 17.7. The minimum absolute atomic E-state index is 0.150. The zero-order valence-corrected chi connectivity index (χ0v) is 20.9. The van der Waals surface area contributed by atoms with Crippen LogP contribution in [-0.4, -0.2) is 31.4 Å². The quantitative estimate of drug-likeness (QED) is 0.260. The molecule has 7 nitrogen and oxygen atoms in total. The number of hydrogen-bond donors (Lipinski definition) is 1. The molecule has 0 fully saturated rings. The summed E-state index contributed by atoms with van der Waals surface area (Å²) in [5.74, 6) is 1.27. The van der Waals surface area contributed by atoms with E-state index in [1.165, 1.54) is 28.7 Å². The number of halogens is 1. The zero-order chi connectivity index (χ0) is 22.9. The van der Waals surface area contributed by atoms with Crippen molar-refractivity contribution in [2.75, 3.05) is 11.1 Å². The Morgan fingerprint density at radius 2 is 2.00 bits per heavy atom. The van der Waals surface area contributed by atoms with Crippen LogP contribution in [-0.2, 0) is 11.8 Å². The van der Waals surface area contributed by atoms with Gasteiger partial charge in [-0.2, -0.15) is 0 Å². The number of rotatable bonds is 6. The van der Waals surface area contributed by atoms with E-state index < -0.39 is 0 Å². The molecule has 1 N–H and O–H groups in total. The van der Waals surface area contributed by atoms with Crippen LogP contribution in [0.2, 0.25) is 0 Å². The van der Waals surface area contributed by atoms with E-state index in [9.17, 15) is 4.79 Å². The van der Waals surface area contributed by atoms with Gasteiger partial charge in [0.2, 0.25) is 5.91 Å². The summed E-state index contributed by atoms with van der Waals surface area (Å²) in [6.07, 6.45) is 0. The van der Waals surface area contributed by atoms with Crippen LogP contribution in [0.5, 0.6) is 0 Å². The number of aromatic nitrogens is 4. The Balaban J connectivity index is 1.23. The molecule has 0 saturated carbocycles. The van der Waals surface area contributed by atoms with Gasteiger partial charge in [0.25, 0.3) is 0 Å². The molecule has 0 radical (unpaired) electrons. The first-order chi connectivity index (χ1) is 16.0. The summed E-state index contributed by atoms with van der Waals surface area (Å²) in [6.45, 7) is 2.05. The van der Waals surface area contributed by atoms with Gasteiger partial charge in [-0.05, 0) is 31.2 Å². The molecule has 2 aromatic carbocycles. The van der Waals surface area contributed by atoms with E-state index in [1.807, 2.05) is 72.4 Å². The summed E-state index contributed by atoms with van der Waals surface area (Å²) < 4.78 is 8.72. The number of nitrogens with one attached hydrogen (secondary N) is 1. The molecule has 1 amide bonds. The molecule has 0 aliphatic heterocycles. The van der Waals surface area contributed by atoms with Crippen molar-refractivity contribution in [2.45, 2.75) is 12.1 Å². The lowest BCUT2D eigenvalue weighted by molar-refractivity contribution is -0.113. The fraction of sp³-hybridized carbons (Fsp3) is 0.130. The van der Waals surface area contributed by atoms with Crippen LogP contribution in [0.25, 0.3) is 33.8 Å². The molecule has 10 heteroatoms. The highest BCUT2D eigenvalue weighted by molar-refractivity contribution is 9.10. The third-order valence-electron chi connectivity index (χ3n) is 4.96. The number of anilines is 1. The van der Waals surface area contributed by atoms with Crippen LogP contribution in [0.15, 0.2) is 68.0 Å². The second-order valence-corrected chi connectivity index (χ2v) is 10.1. The number of hydrogen-bond acceptors (Lipinski definition) is 7. The van der Waals surface area contributed by atoms with Gasteiger partial charge in [0.1, 0.15) is 5.58 Å². The fourth-order valence-corrected chi connectivity index (χ4v) is 5.08. The molecule has 5 rings (SSSR count). The van der Waals surface area contributed by atoms with Crippen molar-refractivity contribution in [3.05, 3.63) is 63.9 Å². The number of benzene rings is 2. The van der Waals surface area contributed by atoms with Crippen molar-refractivity contribution in [1.29, 1.82) is 0 Å². The Labute approximate surface area is 206 Å². The Morgan fingerprint density at radius 1 is 1.18 bits per heavy atom. The molecular formula is C23H18BrN5O2S2. The van der Waals surface area contributed by atoms with Crippen molar-refractivity contribution >= 4 is 61.0 Å². The van der Waals surface area contributed by atoms with Crippen LogP contribution in [0.1, 0.15) is 5.56 Å². The highest BCUT2D eigenvalue weighted by Crippen LogP contribution is 2.30. The van der Waals surface area contributed by atoms with Crippen LogP contribution in [0.3, 0.4) is 0 Å². The average molecular weight is 540 g/mol. The topological polar surface area (TPSA) is 85.8 Å². The van der Waals surface area contributed by atoms with Gasteiger partial charge in [0, 0.05) is 27.9 Å². The SMILES string of the molecule is Cc1ccc(-c2csc(NC(=O)CSc3nnc(-c4cc5cc(Br)ccc5o4)n3C)n2)cc1. The monoisotopic (exact) mass is 539 g/mol. The Morgan fingerprint density at radius 3 is 2.82 bits per heavy atom. The number of furan rings is 1. The van der Waals surface area contributed by atoms with Crippen molar-refractivity contribution in [1.82, 2.24) is 19.7 Å². The molecule has 0 aliphatic rings. The summed E-state index contributed by atoms with van der Waals surface area (Å²) in [6, 6.07) is 15.9. The summed E-state index contributed by atoms with van der Waals surface area (Å²) >= 11 is 6.18. The highest BCUT2D eigenvalue weighted by atomic mass is 79.9. The molecule has 0 bridgehead atoms. The van der Waals surface area contributed by atoms with Gasteiger partial charge in [-0.15, -0.1) is 21.5 Å². The molecule has 3 heterocycles. The summed E-state index contributed by atoms with van der Waals surface area (Å²) in [4.78, 5) is 17.0. The van der Waals surface area contributed by atoms with Gasteiger partial charge >= 0.3 is 0 Å². The van der Waals surface area contributed by atoms with Crippen molar-refractivity contribution in [2.24, 2.45) is 7.05 Å². The van der Waals surface area contributed by atoms with Gasteiger partial charge in [-0.1, -0.05) is 57.5 Å². The number of fused-ring (bicyclic) bond motifs is 1. The summed E-state index contributed by atoms with van der Waals surface area (Å²) in [5.41, 5.74) is 3.84. The van der Waals surface area contributed by atoms with E-state index in [2.05, 4.69) is 36.4 Å². The number of thiazole rings is 1. The standard InChI is InChI=1S/C23H18BrN5O2S2/c1-13-3-5-14(6-4-13)17-11-32-22(25-17)26-20(30)12-33-23-28-27-21(29(23)2)19-10-15-9-16(24)7-8-18(15)31-19/h3-11H,12H2,1-2H3,(H,25,26,30). The molecule has 0 atom stereocenters. The Kier molecular flexibility index (Phi) is 6.05. The predicted octanol–water partition coefficient (Wildman–Crippen LogP) is 6.15. The number of carbonyl (C=O) groups excluding carboxylic acids is 1. The fourth-order valence-electron chi connectivity index (χ4n) is 3.25. The van der Waals surface area contributed by atoms with Crippen molar-refractivity contribution < 1.29 is 9.21 Å². The molecular weight excluding hydrogens is 522 g/mol. The lowest BCUT2D eigenvalue weighted by atomic mass is 10.1. The molecule has 0 aliphatic carbocycles. The Bertz CT molecular complexity index is 1460. The number of nitrogens with zero attached hydrogens (tertiary/aromatic N) is 4. The molecule has 0 saturated heterocycles. The predicted molar refractivity (Wildman–Crippen MR) is 136 cm³/mol. The van der Waals surface area contributed by atoms with E-state index in [-0.39, 0.29) is 11.7 Å². The number of amides is 1. The first-order valence-electron chi connectivity index (χ1n) is 10.0. The van der Waals surface area contributed by atoms with Crippen molar-refractivity contribution in [3.63, 3.8) is 0 Å². The van der Waals surface area contributed by atoms with Crippen LogP contribution >= 0.6 is 39.0 Å². The first kappa shape index (κ1) is 21.9. The van der Waals surface area contributed by atoms with E-state index in [1.54, 1.807) is 0 Å². The van der Waals surface area contributed by atoms with E-state index in [4.69, 9.17) is 4.42 Å². The van der Waals surface area contributed by atoms with Gasteiger partial charge in [-0.3, -0.25) is 4.79 Å². The van der Waals surface area contributed by atoms with Gasteiger partial charge in [0.05, 0.1) is 11.4 Å². The number of carbonyl (C=O) groups is 1. The van der Waals surface area contributed by atoms with Gasteiger partial charge in [-0.25, -0.2) is 4.98 Å². The maximum atomic E-state index is 12.5. The van der Waals surface area contributed by atoms with E-state index in [0.717, 1.165) is 26.7 Å². The van der Waals surface area contributed by atoms with Crippen molar-refractivity contribution in [3.8, 4) is 22.8 Å². The molecule has 5 aromatic rings. The molecule has 0 unspecified atom stereocenters. The molecule has 0 spiro atoms. The third-order valence-corrected chi connectivity index (χ3v) is 7.24. The molecule has 3 aromatic heterocycles. The highest BCUT2D eigenvalue weighted by Gasteiger charge is 2.17. The maximum Gasteiger partial charge on any atom is 0.236 e. The molecule has 33 heavy (non-hydrogen) atoms. The largest absolute Gasteiger partial charge is 0.453 e. The van der Waals surface area contributed by atoms with E-state index >= 15 is 0 Å². The maximum absolute atomic E-state index is 12.5. The Hall–Kier alpha value is -2.95. The average Bonchev–Trinajstić information content (AvgIpc) is 3.51. The molecule has 166 valence electrons. The minimum atomic E-state index is -0.150. The normalized spacial score (nSPS) is 11.2. The summed E-state index contributed by atoms with van der Waals surface area (Å²) in [7, 11) is 1.85. The third kappa shape index (κ3) is 4.73. The van der Waals surface area contributed by atoms with Crippen LogP contribution < -0.4 is 5.32 Å².